The standard InChI is InChI=1S/C18H25N/c1-3-5-6-7-8-12-15-18(19-16-4-2)17-13-10-9-11-14-17/h3,5-6,8-14,18-19H,1,4,7,15-16H2,2H3/b6-5+,12-8+. The molecule has 0 amide bonds. The van der Waals surface area contributed by atoms with Crippen molar-refractivity contribution >= 4 is 0 Å². The number of allylic oxidation sites excluding steroid dienone is 4. The lowest BCUT2D eigenvalue weighted by molar-refractivity contribution is 0.536. The van der Waals surface area contributed by atoms with Crippen molar-refractivity contribution in [1.82, 2.24) is 5.32 Å². The lowest BCUT2D eigenvalue weighted by Crippen LogP contribution is -2.21. The van der Waals surface area contributed by atoms with Crippen LogP contribution in [0.5, 0.6) is 0 Å². The third-order valence-electron chi connectivity index (χ3n) is 2.93. The van der Waals surface area contributed by atoms with Crippen LogP contribution in [-0.4, -0.2) is 6.54 Å². The van der Waals surface area contributed by atoms with Crippen molar-refractivity contribution in [1.29, 1.82) is 0 Å². The lowest BCUT2D eigenvalue weighted by atomic mass is 10.0. The largest absolute Gasteiger partial charge is 0.310 e. The molecule has 0 saturated heterocycles. The van der Waals surface area contributed by atoms with Crippen molar-refractivity contribution in [2.75, 3.05) is 6.54 Å². The number of nitrogens with one attached hydrogen (secondary N) is 1. The molecule has 0 aliphatic rings. The molecule has 1 heteroatoms. The fourth-order valence-corrected chi connectivity index (χ4v) is 1.92. The predicted molar refractivity (Wildman–Crippen MR) is 85.2 cm³/mol. The molecule has 102 valence electrons. The highest BCUT2D eigenvalue weighted by atomic mass is 14.9. The fraction of sp³-hybridized carbons (Fsp3) is 0.333. The van der Waals surface area contributed by atoms with Gasteiger partial charge in [0.25, 0.3) is 0 Å². The minimum atomic E-state index is 0.417. The van der Waals surface area contributed by atoms with Crippen molar-refractivity contribution < 1.29 is 0 Å². The summed E-state index contributed by atoms with van der Waals surface area (Å²) in [6.45, 7) is 6.92. The zero-order valence-electron chi connectivity index (χ0n) is 11.9. The molecule has 1 rings (SSSR count). The molecular formula is C18H25N. The van der Waals surface area contributed by atoms with Crippen LogP contribution in [-0.2, 0) is 0 Å². The number of hydrogen-bond donors (Lipinski definition) is 1. The Kier molecular flexibility index (Phi) is 8.41. The smallest absolute Gasteiger partial charge is 0.0354 e. The summed E-state index contributed by atoms with van der Waals surface area (Å²) in [5.41, 5.74) is 1.36. The summed E-state index contributed by atoms with van der Waals surface area (Å²) in [6.07, 6.45) is 13.5. The summed E-state index contributed by atoms with van der Waals surface area (Å²) in [5, 5.41) is 3.60. The van der Waals surface area contributed by atoms with Crippen molar-refractivity contribution in [3.05, 3.63) is 72.9 Å². The highest BCUT2D eigenvalue weighted by Gasteiger charge is 2.07. The fourth-order valence-electron chi connectivity index (χ4n) is 1.92. The van der Waals surface area contributed by atoms with Crippen LogP contribution in [0.2, 0.25) is 0 Å². The van der Waals surface area contributed by atoms with E-state index in [9.17, 15) is 0 Å². The van der Waals surface area contributed by atoms with Crippen LogP contribution in [0.1, 0.15) is 37.8 Å². The summed E-state index contributed by atoms with van der Waals surface area (Å²) in [7, 11) is 0. The monoisotopic (exact) mass is 255 g/mol. The second-order valence-corrected chi connectivity index (χ2v) is 4.52. The SMILES string of the molecule is C=C/C=C/C/C=C/CC(NCCC)c1ccccc1. The summed E-state index contributed by atoms with van der Waals surface area (Å²) >= 11 is 0. The van der Waals surface area contributed by atoms with Crippen LogP contribution in [0.3, 0.4) is 0 Å². The van der Waals surface area contributed by atoms with E-state index in [0.29, 0.717) is 6.04 Å². The Morgan fingerprint density at radius 3 is 2.63 bits per heavy atom. The van der Waals surface area contributed by atoms with E-state index in [4.69, 9.17) is 0 Å². The highest BCUT2D eigenvalue weighted by molar-refractivity contribution is 5.19. The first-order chi connectivity index (χ1) is 9.38. The van der Waals surface area contributed by atoms with Gasteiger partial charge in [0.15, 0.2) is 0 Å². The van der Waals surface area contributed by atoms with Gasteiger partial charge in [0.05, 0.1) is 0 Å². The van der Waals surface area contributed by atoms with Crippen LogP contribution in [0.15, 0.2) is 67.3 Å². The number of rotatable bonds is 9. The Morgan fingerprint density at radius 2 is 1.95 bits per heavy atom. The second-order valence-electron chi connectivity index (χ2n) is 4.52. The van der Waals surface area contributed by atoms with Crippen LogP contribution in [0.25, 0.3) is 0 Å². The number of hydrogen-bond acceptors (Lipinski definition) is 1. The predicted octanol–water partition coefficient (Wildman–Crippen LogP) is 4.81. The summed E-state index contributed by atoms with van der Waals surface area (Å²) < 4.78 is 0. The molecule has 1 atom stereocenters. The highest BCUT2D eigenvalue weighted by Crippen LogP contribution is 2.17. The quantitative estimate of drug-likeness (QED) is 0.493. The molecule has 1 N–H and O–H groups in total. The van der Waals surface area contributed by atoms with Gasteiger partial charge in [-0.3, -0.25) is 0 Å². The number of benzene rings is 1. The average Bonchev–Trinajstić information content (AvgIpc) is 2.46. The van der Waals surface area contributed by atoms with Gasteiger partial charge < -0.3 is 5.32 Å². The molecule has 0 saturated carbocycles. The molecule has 1 unspecified atom stereocenters. The van der Waals surface area contributed by atoms with Crippen LogP contribution < -0.4 is 5.32 Å². The first kappa shape index (κ1) is 15.5. The lowest BCUT2D eigenvalue weighted by Gasteiger charge is -2.17. The van der Waals surface area contributed by atoms with Gasteiger partial charge in [-0.1, -0.05) is 74.2 Å². The van der Waals surface area contributed by atoms with E-state index in [1.54, 1.807) is 0 Å². The zero-order valence-corrected chi connectivity index (χ0v) is 11.9. The molecule has 0 bridgehead atoms. The van der Waals surface area contributed by atoms with E-state index in [1.807, 2.05) is 12.2 Å². The van der Waals surface area contributed by atoms with Gasteiger partial charge in [-0.15, -0.1) is 0 Å². The van der Waals surface area contributed by atoms with Crippen LogP contribution in [0.4, 0.5) is 0 Å². The summed E-state index contributed by atoms with van der Waals surface area (Å²) in [4.78, 5) is 0. The third-order valence-corrected chi connectivity index (χ3v) is 2.93. The van der Waals surface area contributed by atoms with E-state index in [0.717, 1.165) is 25.8 Å². The molecule has 0 aromatic heterocycles. The van der Waals surface area contributed by atoms with Crippen LogP contribution in [0, 0.1) is 0 Å². The Labute approximate surface area is 117 Å². The van der Waals surface area contributed by atoms with Gasteiger partial charge in [-0.05, 0) is 31.4 Å². The molecule has 0 spiro atoms. The van der Waals surface area contributed by atoms with Gasteiger partial charge >= 0.3 is 0 Å². The van der Waals surface area contributed by atoms with E-state index < -0.39 is 0 Å². The van der Waals surface area contributed by atoms with Crippen molar-refractivity contribution in [3.8, 4) is 0 Å². The normalized spacial score (nSPS) is 13.1. The van der Waals surface area contributed by atoms with Gasteiger partial charge in [0.2, 0.25) is 0 Å². The molecule has 0 aliphatic carbocycles. The minimum Gasteiger partial charge on any atom is -0.310 e. The molecule has 0 heterocycles. The first-order valence-corrected chi connectivity index (χ1v) is 7.09. The third kappa shape index (κ3) is 6.78. The van der Waals surface area contributed by atoms with Gasteiger partial charge in [-0.25, -0.2) is 0 Å². The Bertz CT molecular complexity index is 389. The topological polar surface area (TPSA) is 12.0 Å². The van der Waals surface area contributed by atoms with Crippen molar-refractivity contribution in [3.63, 3.8) is 0 Å². The molecule has 1 aromatic rings. The summed E-state index contributed by atoms with van der Waals surface area (Å²) in [6, 6.07) is 11.1. The maximum atomic E-state index is 3.66. The van der Waals surface area contributed by atoms with E-state index in [-0.39, 0.29) is 0 Å². The van der Waals surface area contributed by atoms with Crippen molar-refractivity contribution in [2.24, 2.45) is 0 Å². The maximum absolute atomic E-state index is 3.66. The molecule has 1 nitrogen and oxygen atoms in total. The van der Waals surface area contributed by atoms with E-state index in [2.05, 4.69) is 67.4 Å². The molecular weight excluding hydrogens is 230 g/mol. The second kappa shape index (κ2) is 10.3. The minimum absolute atomic E-state index is 0.417. The first-order valence-electron chi connectivity index (χ1n) is 7.09. The Morgan fingerprint density at radius 1 is 1.16 bits per heavy atom. The zero-order chi connectivity index (χ0) is 13.8. The molecule has 19 heavy (non-hydrogen) atoms. The van der Waals surface area contributed by atoms with E-state index >= 15 is 0 Å². The Hall–Kier alpha value is -1.60. The van der Waals surface area contributed by atoms with Crippen LogP contribution >= 0.6 is 0 Å². The average molecular weight is 255 g/mol. The van der Waals surface area contributed by atoms with Gasteiger partial charge in [-0.2, -0.15) is 0 Å². The molecule has 0 fully saturated rings. The summed E-state index contributed by atoms with van der Waals surface area (Å²) in [5.74, 6) is 0. The van der Waals surface area contributed by atoms with E-state index in [1.165, 1.54) is 5.56 Å². The van der Waals surface area contributed by atoms with Gasteiger partial charge in [0.1, 0.15) is 0 Å². The molecule has 0 radical (unpaired) electrons. The van der Waals surface area contributed by atoms with Gasteiger partial charge in [0, 0.05) is 6.04 Å². The molecule has 0 aliphatic heterocycles. The molecule has 1 aromatic carbocycles. The maximum Gasteiger partial charge on any atom is 0.0354 e. The van der Waals surface area contributed by atoms with Crippen molar-refractivity contribution in [2.45, 2.75) is 32.2 Å². The Balaban J connectivity index is 2.50.